The molecule has 0 aliphatic rings. The summed E-state index contributed by atoms with van der Waals surface area (Å²) in [4.78, 5) is 34.6. The summed E-state index contributed by atoms with van der Waals surface area (Å²) in [7, 11) is 0. The molecule has 4 N–H and O–H groups in total. The van der Waals surface area contributed by atoms with Crippen LogP contribution in [0.1, 0.15) is 26.3 Å². The maximum absolute atomic E-state index is 12.4. The largest absolute Gasteiger partial charge is 0.366 e. The van der Waals surface area contributed by atoms with Crippen LogP contribution in [0.5, 0.6) is 0 Å². The number of nitrogens with one attached hydrogen (secondary N) is 2. The van der Waals surface area contributed by atoms with Gasteiger partial charge in [0.05, 0.1) is 4.92 Å². The number of nitrogens with zero attached hydrogens (tertiary/aromatic N) is 1. The average molecular weight is 390 g/mol. The molecule has 0 fully saturated rings. The first-order valence-corrected chi connectivity index (χ1v) is 8.71. The van der Waals surface area contributed by atoms with Crippen LogP contribution < -0.4 is 16.4 Å². The Hall–Kier alpha value is -4.20. The van der Waals surface area contributed by atoms with Crippen molar-refractivity contribution < 1.29 is 14.5 Å². The molecular weight excluding hydrogens is 372 g/mol. The number of anilines is 2. The number of benzene rings is 3. The Morgan fingerprint density at radius 3 is 2.38 bits per heavy atom. The van der Waals surface area contributed by atoms with Crippen LogP contribution >= 0.6 is 0 Å². The Morgan fingerprint density at radius 1 is 0.931 bits per heavy atom. The van der Waals surface area contributed by atoms with Gasteiger partial charge in [0.25, 0.3) is 11.6 Å². The van der Waals surface area contributed by atoms with Crippen LogP contribution in [0.2, 0.25) is 0 Å². The van der Waals surface area contributed by atoms with Gasteiger partial charge in [-0.15, -0.1) is 0 Å². The molecule has 0 saturated carbocycles. The molecule has 146 valence electrons. The smallest absolute Gasteiger partial charge is 0.293 e. The van der Waals surface area contributed by atoms with Crippen molar-refractivity contribution in [2.45, 2.75) is 6.54 Å². The number of hydrogen-bond donors (Lipinski definition) is 3. The molecule has 3 rings (SSSR count). The lowest BCUT2D eigenvalue weighted by Crippen LogP contribution is -2.23. The molecular formula is C21H18N4O4. The summed E-state index contributed by atoms with van der Waals surface area (Å²) >= 11 is 0. The van der Waals surface area contributed by atoms with Crippen molar-refractivity contribution in [1.29, 1.82) is 0 Å². The average Bonchev–Trinajstić information content (AvgIpc) is 2.73. The highest BCUT2D eigenvalue weighted by Crippen LogP contribution is 2.28. The molecule has 0 aromatic heterocycles. The van der Waals surface area contributed by atoms with Crippen molar-refractivity contribution >= 4 is 28.9 Å². The Labute approximate surface area is 166 Å². The number of rotatable bonds is 7. The zero-order valence-corrected chi connectivity index (χ0v) is 15.3. The summed E-state index contributed by atoms with van der Waals surface area (Å²) in [6.07, 6.45) is 0. The van der Waals surface area contributed by atoms with Gasteiger partial charge in [0.15, 0.2) is 0 Å². The van der Waals surface area contributed by atoms with Crippen molar-refractivity contribution in [3.8, 4) is 0 Å². The molecule has 3 aromatic carbocycles. The number of hydrogen-bond acceptors (Lipinski definition) is 5. The zero-order chi connectivity index (χ0) is 20.8. The van der Waals surface area contributed by atoms with Crippen LogP contribution in [0.3, 0.4) is 0 Å². The van der Waals surface area contributed by atoms with E-state index in [9.17, 15) is 19.7 Å². The van der Waals surface area contributed by atoms with E-state index in [4.69, 9.17) is 5.73 Å². The molecule has 2 amide bonds. The maximum Gasteiger partial charge on any atom is 0.293 e. The van der Waals surface area contributed by atoms with E-state index in [1.54, 1.807) is 36.4 Å². The molecule has 3 aromatic rings. The summed E-state index contributed by atoms with van der Waals surface area (Å²) in [6.45, 7) is 0.151. The minimum Gasteiger partial charge on any atom is -0.366 e. The highest BCUT2D eigenvalue weighted by Gasteiger charge is 2.18. The fourth-order valence-electron chi connectivity index (χ4n) is 2.73. The maximum atomic E-state index is 12.4. The minimum absolute atomic E-state index is 0.151. The zero-order valence-electron chi connectivity index (χ0n) is 15.3. The van der Waals surface area contributed by atoms with Crippen LogP contribution in [-0.4, -0.2) is 16.7 Å². The molecule has 29 heavy (non-hydrogen) atoms. The Balaban J connectivity index is 1.75. The molecule has 0 atom stereocenters. The normalized spacial score (nSPS) is 10.2. The number of primary amides is 1. The van der Waals surface area contributed by atoms with Crippen molar-refractivity contribution in [2.75, 3.05) is 5.32 Å². The van der Waals surface area contributed by atoms with Crippen LogP contribution in [-0.2, 0) is 6.54 Å². The van der Waals surface area contributed by atoms with Gasteiger partial charge in [-0.05, 0) is 42.0 Å². The number of nitro groups is 1. The van der Waals surface area contributed by atoms with E-state index in [1.165, 1.54) is 18.2 Å². The SMILES string of the molecule is NC(=O)c1cccc(CNC(=O)c2ccc(Nc3ccccc3)c([N+](=O)[O-])c2)c1. The van der Waals surface area contributed by atoms with Crippen LogP contribution in [0, 0.1) is 10.1 Å². The molecule has 0 radical (unpaired) electrons. The molecule has 0 spiro atoms. The van der Waals surface area contributed by atoms with Gasteiger partial charge in [0.1, 0.15) is 5.69 Å². The monoisotopic (exact) mass is 390 g/mol. The molecule has 0 aliphatic carbocycles. The van der Waals surface area contributed by atoms with Gasteiger partial charge in [0.2, 0.25) is 5.91 Å². The standard InChI is InChI=1S/C21H18N4O4/c22-20(26)15-6-4-5-14(11-15)13-23-21(27)16-9-10-18(19(12-16)25(28)29)24-17-7-2-1-3-8-17/h1-12,24H,13H2,(H2,22,26)(H,23,27). The third-order valence-electron chi connectivity index (χ3n) is 4.17. The number of nitro benzene ring substituents is 1. The lowest BCUT2D eigenvalue weighted by Gasteiger charge is -2.10. The van der Waals surface area contributed by atoms with E-state index >= 15 is 0 Å². The van der Waals surface area contributed by atoms with E-state index in [2.05, 4.69) is 10.6 Å². The summed E-state index contributed by atoms with van der Waals surface area (Å²) < 4.78 is 0. The van der Waals surface area contributed by atoms with E-state index in [1.807, 2.05) is 18.2 Å². The molecule has 0 saturated heterocycles. The lowest BCUT2D eigenvalue weighted by atomic mass is 10.1. The highest BCUT2D eigenvalue weighted by molar-refractivity contribution is 5.96. The van der Waals surface area contributed by atoms with Gasteiger partial charge >= 0.3 is 0 Å². The van der Waals surface area contributed by atoms with Gasteiger partial charge in [-0.1, -0.05) is 30.3 Å². The second kappa shape index (κ2) is 8.66. The van der Waals surface area contributed by atoms with Crippen molar-refractivity contribution in [1.82, 2.24) is 5.32 Å². The van der Waals surface area contributed by atoms with Crippen molar-refractivity contribution in [3.05, 3.63) is 99.6 Å². The van der Waals surface area contributed by atoms with Crippen molar-refractivity contribution in [3.63, 3.8) is 0 Å². The topological polar surface area (TPSA) is 127 Å². The first kappa shape index (κ1) is 19.6. The van der Waals surface area contributed by atoms with Gasteiger partial charge in [-0.25, -0.2) is 0 Å². The molecule has 8 heteroatoms. The second-order valence-corrected chi connectivity index (χ2v) is 6.23. The number of carbonyl (C=O) groups is 2. The third-order valence-corrected chi connectivity index (χ3v) is 4.17. The molecule has 0 heterocycles. The van der Waals surface area contributed by atoms with Crippen LogP contribution in [0.25, 0.3) is 0 Å². The van der Waals surface area contributed by atoms with Gasteiger partial charge in [-0.2, -0.15) is 0 Å². The highest BCUT2D eigenvalue weighted by atomic mass is 16.6. The third kappa shape index (κ3) is 4.95. The summed E-state index contributed by atoms with van der Waals surface area (Å²) in [6, 6.07) is 19.8. The lowest BCUT2D eigenvalue weighted by molar-refractivity contribution is -0.383. The van der Waals surface area contributed by atoms with Crippen LogP contribution in [0.4, 0.5) is 17.1 Å². The summed E-state index contributed by atoms with van der Waals surface area (Å²) in [5, 5.41) is 17.1. The summed E-state index contributed by atoms with van der Waals surface area (Å²) in [5.41, 5.74) is 7.20. The number of nitrogens with two attached hydrogens (primary N) is 1. The predicted molar refractivity (Wildman–Crippen MR) is 109 cm³/mol. The van der Waals surface area contributed by atoms with E-state index in [0.717, 1.165) is 0 Å². The van der Waals surface area contributed by atoms with Crippen molar-refractivity contribution in [2.24, 2.45) is 5.73 Å². The van der Waals surface area contributed by atoms with Crippen LogP contribution in [0.15, 0.2) is 72.8 Å². The fraction of sp³-hybridized carbons (Fsp3) is 0.0476. The molecule has 8 nitrogen and oxygen atoms in total. The predicted octanol–water partition coefficient (Wildman–Crippen LogP) is 3.37. The number of para-hydroxylation sites is 1. The molecule has 0 unspecified atom stereocenters. The quantitative estimate of drug-likeness (QED) is 0.421. The number of carbonyl (C=O) groups excluding carboxylic acids is 2. The fourth-order valence-corrected chi connectivity index (χ4v) is 2.73. The molecule has 0 bridgehead atoms. The summed E-state index contributed by atoms with van der Waals surface area (Å²) in [5.74, 6) is -1.03. The van der Waals surface area contributed by atoms with E-state index in [0.29, 0.717) is 16.8 Å². The van der Waals surface area contributed by atoms with Gasteiger partial charge < -0.3 is 16.4 Å². The minimum atomic E-state index is -0.560. The Morgan fingerprint density at radius 2 is 1.69 bits per heavy atom. The van der Waals surface area contributed by atoms with E-state index < -0.39 is 16.7 Å². The molecule has 0 aliphatic heterocycles. The van der Waals surface area contributed by atoms with Gasteiger partial charge in [0, 0.05) is 29.4 Å². The van der Waals surface area contributed by atoms with Gasteiger partial charge in [-0.3, -0.25) is 19.7 Å². The first-order chi connectivity index (χ1) is 13.9. The second-order valence-electron chi connectivity index (χ2n) is 6.23. The Bertz CT molecular complexity index is 1070. The van der Waals surface area contributed by atoms with E-state index in [-0.39, 0.29) is 23.5 Å². The number of amides is 2. The first-order valence-electron chi connectivity index (χ1n) is 8.71. The Kier molecular flexibility index (Phi) is 5.84.